The Morgan fingerprint density at radius 2 is 2.24 bits per heavy atom. The Bertz CT molecular complexity index is 457. The standard InChI is InChI=1S/C11H13NO3S2/c1-6-3-4-16-9(6)10-12(7(2)13)8(5-17-10)11(14)15/h3-4,8,10H,5H2,1-2H3,(H,14,15)/t8-,10-/m0/s1. The number of hydrogen-bond donors (Lipinski definition) is 1. The molecule has 0 radical (unpaired) electrons. The second kappa shape index (κ2) is 4.70. The van der Waals surface area contributed by atoms with Crippen LogP contribution in [0.5, 0.6) is 0 Å². The van der Waals surface area contributed by atoms with Crippen molar-refractivity contribution in [2.45, 2.75) is 25.3 Å². The van der Waals surface area contributed by atoms with Crippen LogP contribution in [0, 0.1) is 6.92 Å². The third kappa shape index (κ3) is 2.19. The van der Waals surface area contributed by atoms with E-state index < -0.39 is 12.0 Å². The summed E-state index contributed by atoms with van der Waals surface area (Å²) in [4.78, 5) is 25.3. The highest BCUT2D eigenvalue weighted by Crippen LogP contribution is 2.44. The number of thioether (sulfide) groups is 1. The van der Waals surface area contributed by atoms with Gasteiger partial charge < -0.3 is 10.0 Å². The lowest BCUT2D eigenvalue weighted by Gasteiger charge is -2.25. The SMILES string of the molecule is CC(=O)N1[C@H](C(=O)O)CS[C@H]1c1sccc1C. The van der Waals surface area contributed by atoms with E-state index in [1.165, 1.54) is 23.6 Å². The van der Waals surface area contributed by atoms with E-state index >= 15 is 0 Å². The minimum Gasteiger partial charge on any atom is -0.480 e. The zero-order valence-electron chi connectivity index (χ0n) is 9.54. The molecular formula is C11H13NO3S2. The molecule has 17 heavy (non-hydrogen) atoms. The second-order valence-electron chi connectivity index (χ2n) is 3.93. The molecule has 2 heterocycles. The van der Waals surface area contributed by atoms with Crippen molar-refractivity contribution in [3.63, 3.8) is 0 Å². The van der Waals surface area contributed by atoms with Crippen LogP contribution in [-0.4, -0.2) is 33.7 Å². The minimum absolute atomic E-state index is 0.145. The summed E-state index contributed by atoms with van der Waals surface area (Å²) in [6, 6.07) is 1.29. The van der Waals surface area contributed by atoms with Gasteiger partial charge in [0.15, 0.2) is 0 Å². The Kier molecular flexibility index (Phi) is 3.44. The van der Waals surface area contributed by atoms with Gasteiger partial charge in [-0.25, -0.2) is 4.79 Å². The summed E-state index contributed by atoms with van der Waals surface area (Å²) in [7, 11) is 0. The number of carboxylic acids is 1. The van der Waals surface area contributed by atoms with Crippen LogP contribution in [0.2, 0.25) is 0 Å². The number of hydrogen-bond acceptors (Lipinski definition) is 4. The van der Waals surface area contributed by atoms with Crippen LogP contribution in [0.3, 0.4) is 0 Å². The summed E-state index contributed by atoms with van der Waals surface area (Å²) in [6.07, 6.45) is 0. The molecule has 0 unspecified atom stereocenters. The van der Waals surface area contributed by atoms with Crippen LogP contribution in [-0.2, 0) is 9.59 Å². The van der Waals surface area contributed by atoms with Crippen molar-refractivity contribution in [2.75, 3.05) is 5.75 Å². The van der Waals surface area contributed by atoms with E-state index in [1.807, 2.05) is 18.4 Å². The first kappa shape index (κ1) is 12.4. The summed E-state index contributed by atoms with van der Waals surface area (Å²) in [5.74, 6) is -0.652. The topological polar surface area (TPSA) is 57.6 Å². The number of nitrogens with zero attached hydrogens (tertiary/aromatic N) is 1. The number of carbonyl (C=O) groups is 2. The van der Waals surface area contributed by atoms with Gasteiger partial charge >= 0.3 is 5.97 Å². The Labute approximate surface area is 108 Å². The largest absolute Gasteiger partial charge is 0.480 e. The average Bonchev–Trinajstić information content (AvgIpc) is 2.82. The van der Waals surface area contributed by atoms with Gasteiger partial charge in [0, 0.05) is 17.6 Å². The molecule has 1 aromatic rings. The van der Waals surface area contributed by atoms with Gasteiger partial charge in [0.05, 0.1) is 0 Å². The average molecular weight is 271 g/mol. The molecule has 92 valence electrons. The lowest BCUT2D eigenvalue weighted by molar-refractivity contribution is -0.148. The van der Waals surface area contributed by atoms with Gasteiger partial charge in [-0.3, -0.25) is 4.79 Å². The van der Waals surface area contributed by atoms with E-state index in [9.17, 15) is 9.59 Å². The molecule has 0 spiro atoms. The van der Waals surface area contributed by atoms with E-state index in [0.29, 0.717) is 5.75 Å². The maximum absolute atomic E-state index is 11.6. The van der Waals surface area contributed by atoms with E-state index in [0.717, 1.165) is 10.4 Å². The van der Waals surface area contributed by atoms with E-state index in [2.05, 4.69) is 0 Å². The number of thiophene rings is 1. The first-order chi connectivity index (χ1) is 8.02. The minimum atomic E-state index is -0.926. The zero-order chi connectivity index (χ0) is 12.6. The summed E-state index contributed by atoms with van der Waals surface area (Å²) < 4.78 is 0. The molecular weight excluding hydrogens is 258 g/mol. The molecule has 1 fully saturated rings. The van der Waals surface area contributed by atoms with E-state index in [-0.39, 0.29) is 11.3 Å². The predicted molar refractivity (Wildman–Crippen MR) is 68.2 cm³/mol. The number of aliphatic carboxylic acids is 1. The number of aryl methyl sites for hydroxylation is 1. The van der Waals surface area contributed by atoms with Gasteiger partial charge in [-0.1, -0.05) is 0 Å². The first-order valence-corrected chi connectivity index (χ1v) is 7.12. The molecule has 0 bridgehead atoms. The predicted octanol–water partition coefficient (Wildman–Crippen LogP) is 2.10. The molecule has 1 saturated heterocycles. The second-order valence-corrected chi connectivity index (χ2v) is 5.99. The van der Waals surface area contributed by atoms with Crippen molar-refractivity contribution in [2.24, 2.45) is 0 Å². The van der Waals surface area contributed by atoms with Crippen molar-refractivity contribution < 1.29 is 14.7 Å². The van der Waals surface area contributed by atoms with Gasteiger partial charge in [-0.05, 0) is 23.9 Å². The normalized spacial score (nSPS) is 24.0. The fourth-order valence-electron chi connectivity index (χ4n) is 1.92. The molecule has 0 aromatic carbocycles. The highest BCUT2D eigenvalue weighted by atomic mass is 32.2. The molecule has 0 aliphatic carbocycles. The van der Waals surface area contributed by atoms with Crippen LogP contribution in [0.1, 0.15) is 22.7 Å². The van der Waals surface area contributed by atoms with Crippen molar-refractivity contribution in [1.29, 1.82) is 0 Å². The Hall–Kier alpha value is -1.01. The third-order valence-electron chi connectivity index (χ3n) is 2.78. The summed E-state index contributed by atoms with van der Waals surface area (Å²) in [5.41, 5.74) is 1.12. The number of amides is 1. The zero-order valence-corrected chi connectivity index (χ0v) is 11.2. The molecule has 1 aliphatic heterocycles. The lowest BCUT2D eigenvalue weighted by atomic mass is 10.2. The van der Waals surface area contributed by atoms with Crippen LogP contribution >= 0.6 is 23.1 Å². The van der Waals surface area contributed by atoms with Crippen LogP contribution < -0.4 is 0 Å². The Morgan fingerprint density at radius 3 is 2.71 bits per heavy atom. The van der Waals surface area contributed by atoms with Crippen LogP contribution in [0.25, 0.3) is 0 Å². The number of carbonyl (C=O) groups excluding carboxylic acids is 1. The van der Waals surface area contributed by atoms with Crippen molar-refractivity contribution in [1.82, 2.24) is 4.90 Å². The fraction of sp³-hybridized carbons (Fsp3) is 0.455. The van der Waals surface area contributed by atoms with Crippen LogP contribution in [0.4, 0.5) is 0 Å². The van der Waals surface area contributed by atoms with Crippen molar-refractivity contribution in [3.8, 4) is 0 Å². The Balaban J connectivity index is 2.33. The van der Waals surface area contributed by atoms with Crippen molar-refractivity contribution >= 4 is 35.0 Å². The van der Waals surface area contributed by atoms with E-state index in [4.69, 9.17) is 5.11 Å². The highest BCUT2D eigenvalue weighted by molar-refractivity contribution is 7.99. The highest BCUT2D eigenvalue weighted by Gasteiger charge is 2.41. The third-order valence-corrected chi connectivity index (χ3v) is 5.28. The molecule has 1 aliphatic rings. The monoisotopic (exact) mass is 271 g/mol. The van der Waals surface area contributed by atoms with Gasteiger partial charge in [-0.15, -0.1) is 23.1 Å². The van der Waals surface area contributed by atoms with Gasteiger partial charge in [-0.2, -0.15) is 0 Å². The van der Waals surface area contributed by atoms with Gasteiger partial charge in [0.1, 0.15) is 11.4 Å². The number of rotatable bonds is 2. The summed E-state index contributed by atoms with van der Waals surface area (Å²) in [6.45, 7) is 3.41. The molecule has 1 amide bonds. The first-order valence-electron chi connectivity index (χ1n) is 5.19. The van der Waals surface area contributed by atoms with E-state index in [1.54, 1.807) is 11.3 Å². The van der Waals surface area contributed by atoms with Crippen molar-refractivity contribution in [3.05, 3.63) is 21.9 Å². The summed E-state index contributed by atoms with van der Waals surface area (Å²) >= 11 is 3.10. The smallest absolute Gasteiger partial charge is 0.327 e. The lowest BCUT2D eigenvalue weighted by Crippen LogP contribution is -2.41. The number of carboxylic acid groups (broad SMARTS) is 1. The molecule has 2 atom stereocenters. The maximum Gasteiger partial charge on any atom is 0.327 e. The van der Waals surface area contributed by atoms with Crippen LogP contribution in [0.15, 0.2) is 11.4 Å². The molecule has 1 N–H and O–H groups in total. The maximum atomic E-state index is 11.6. The Morgan fingerprint density at radius 1 is 1.53 bits per heavy atom. The van der Waals surface area contributed by atoms with Gasteiger partial charge in [0.2, 0.25) is 5.91 Å². The summed E-state index contributed by atoms with van der Waals surface area (Å²) in [5, 5.41) is 10.9. The molecule has 0 saturated carbocycles. The molecule has 1 aromatic heterocycles. The molecule has 4 nitrogen and oxygen atoms in total. The van der Waals surface area contributed by atoms with Gasteiger partial charge in [0.25, 0.3) is 0 Å². The molecule has 6 heteroatoms. The fourth-order valence-corrected chi connectivity index (χ4v) is 4.66. The molecule has 2 rings (SSSR count). The quantitative estimate of drug-likeness (QED) is 0.895.